The van der Waals surface area contributed by atoms with Gasteiger partial charge < -0.3 is 5.32 Å². The molecule has 0 aromatic heterocycles. The maximum atomic E-state index is 12.8. The Bertz CT molecular complexity index is 1030. The number of benzene rings is 2. The first-order valence-electron chi connectivity index (χ1n) is 12.0. The summed E-state index contributed by atoms with van der Waals surface area (Å²) in [6.07, 6.45) is 3.10. The lowest BCUT2D eigenvalue weighted by atomic mass is 9.95. The molecular formula is C26H35N3O3S. The third-order valence-electron chi connectivity index (χ3n) is 7.00. The maximum Gasteiger partial charge on any atom is 0.223 e. The van der Waals surface area contributed by atoms with Crippen LogP contribution < -0.4 is 5.32 Å². The van der Waals surface area contributed by atoms with E-state index in [0.717, 1.165) is 38.0 Å². The number of piperidine rings is 2. The van der Waals surface area contributed by atoms with Gasteiger partial charge in [-0.2, -0.15) is 0 Å². The second-order valence-electron chi connectivity index (χ2n) is 9.40. The van der Waals surface area contributed by atoms with Crippen molar-refractivity contribution in [2.24, 2.45) is 5.92 Å². The number of aryl methyl sites for hydroxylation is 1. The Morgan fingerprint density at radius 2 is 1.55 bits per heavy atom. The van der Waals surface area contributed by atoms with Crippen molar-refractivity contribution in [3.63, 3.8) is 0 Å². The molecule has 0 spiro atoms. The summed E-state index contributed by atoms with van der Waals surface area (Å²) in [7, 11) is -3.35. The van der Waals surface area contributed by atoms with Crippen LogP contribution in [0.3, 0.4) is 0 Å². The van der Waals surface area contributed by atoms with E-state index in [1.165, 1.54) is 11.1 Å². The number of rotatable bonds is 7. The number of nitrogens with one attached hydrogen (secondary N) is 1. The highest BCUT2D eigenvalue weighted by molar-refractivity contribution is 7.88. The number of sulfonamides is 1. The monoisotopic (exact) mass is 469 g/mol. The van der Waals surface area contributed by atoms with E-state index < -0.39 is 10.0 Å². The first-order valence-corrected chi connectivity index (χ1v) is 13.6. The minimum absolute atomic E-state index is 0.0196. The summed E-state index contributed by atoms with van der Waals surface area (Å²) in [6, 6.07) is 18.0. The molecule has 0 unspecified atom stereocenters. The molecular weight excluding hydrogens is 434 g/mol. The van der Waals surface area contributed by atoms with Crippen molar-refractivity contribution in [2.45, 2.75) is 50.9 Å². The highest BCUT2D eigenvalue weighted by Crippen LogP contribution is 2.23. The van der Waals surface area contributed by atoms with Crippen LogP contribution in [0.4, 0.5) is 0 Å². The van der Waals surface area contributed by atoms with Crippen LogP contribution in [0.2, 0.25) is 0 Å². The predicted octanol–water partition coefficient (Wildman–Crippen LogP) is 3.32. The van der Waals surface area contributed by atoms with Crippen molar-refractivity contribution < 1.29 is 13.2 Å². The lowest BCUT2D eigenvalue weighted by Crippen LogP contribution is -2.48. The van der Waals surface area contributed by atoms with Crippen molar-refractivity contribution in [3.8, 4) is 0 Å². The van der Waals surface area contributed by atoms with E-state index in [1.54, 1.807) is 4.31 Å². The van der Waals surface area contributed by atoms with E-state index in [2.05, 4.69) is 41.4 Å². The molecule has 0 aliphatic carbocycles. The second kappa shape index (κ2) is 10.8. The SMILES string of the molecule is Cc1ccccc1CN1CCC(NC(=O)C2CCN(S(=O)(=O)Cc3ccccc3)CC2)CC1. The van der Waals surface area contributed by atoms with Crippen molar-refractivity contribution in [3.05, 3.63) is 71.3 Å². The van der Waals surface area contributed by atoms with E-state index in [1.807, 2.05) is 30.3 Å². The molecule has 4 rings (SSSR count). The van der Waals surface area contributed by atoms with E-state index in [-0.39, 0.29) is 23.6 Å². The third-order valence-corrected chi connectivity index (χ3v) is 8.85. The smallest absolute Gasteiger partial charge is 0.223 e. The van der Waals surface area contributed by atoms with Gasteiger partial charge in [-0.15, -0.1) is 0 Å². The summed E-state index contributed by atoms with van der Waals surface area (Å²) < 4.78 is 27.1. The fourth-order valence-corrected chi connectivity index (χ4v) is 6.42. The fourth-order valence-electron chi connectivity index (χ4n) is 4.86. The molecule has 2 saturated heterocycles. The Balaban J connectivity index is 1.20. The van der Waals surface area contributed by atoms with Gasteiger partial charge in [-0.3, -0.25) is 9.69 Å². The second-order valence-corrected chi connectivity index (χ2v) is 11.4. The van der Waals surface area contributed by atoms with Gasteiger partial charge in [-0.05, 0) is 49.3 Å². The van der Waals surface area contributed by atoms with Gasteiger partial charge in [-0.1, -0.05) is 54.6 Å². The number of likely N-dealkylation sites (tertiary alicyclic amines) is 1. The Hall–Kier alpha value is -2.22. The van der Waals surface area contributed by atoms with Crippen LogP contribution in [0.25, 0.3) is 0 Å². The predicted molar refractivity (Wildman–Crippen MR) is 131 cm³/mol. The molecule has 178 valence electrons. The van der Waals surface area contributed by atoms with E-state index >= 15 is 0 Å². The zero-order chi connectivity index (χ0) is 23.3. The van der Waals surface area contributed by atoms with E-state index in [4.69, 9.17) is 0 Å². The van der Waals surface area contributed by atoms with E-state index in [0.29, 0.717) is 25.9 Å². The summed E-state index contributed by atoms with van der Waals surface area (Å²) in [4.78, 5) is 15.3. The lowest BCUT2D eigenvalue weighted by Gasteiger charge is -2.35. The lowest BCUT2D eigenvalue weighted by molar-refractivity contribution is -0.127. The molecule has 2 aromatic carbocycles. The molecule has 2 fully saturated rings. The van der Waals surface area contributed by atoms with Crippen LogP contribution in [0, 0.1) is 12.8 Å². The highest BCUT2D eigenvalue weighted by Gasteiger charge is 2.32. The maximum absolute atomic E-state index is 12.8. The Morgan fingerprint density at radius 1 is 0.909 bits per heavy atom. The Kier molecular flexibility index (Phi) is 7.83. The molecule has 2 aromatic rings. The molecule has 0 saturated carbocycles. The van der Waals surface area contributed by atoms with Crippen LogP contribution in [0.5, 0.6) is 0 Å². The minimum atomic E-state index is -3.35. The number of hydrogen-bond acceptors (Lipinski definition) is 4. The number of hydrogen-bond donors (Lipinski definition) is 1. The summed E-state index contributed by atoms with van der Waals surface area (Å²) >= 11 is 0. The van der Waals surface area contributed by atoms with Gasteiger partial charge in [0.25, 0.3) is 0 Å². The summed E-state index contributed by atoms with van der Waals surface area (Å²) in [6.45, 7) is 5.92. The zero-order valence-electron chi connectivity index (χ0n) is 19.4. The summed E-state index contributed by atoms with van der Waals surface area (Å²) in [5.41, 5.74) is 3.49. The van der Waals surface area contributed by atoms with Crippen LogP contribution in [0.15, 0.2) is 54.6 Å². The number of carbonyl (C=O) groups is 1. The molecule has 2 aliphatic heterocycles. The van der Waals surface area contributed by atoms with Crippen LogP contribution >= 0.6 is 0 Å². The number of nitrogens with zero attached hydrogens (tertiary/aromatic N) is 2. The average molecular weight is 470 g/mol. The number of amides is 1. The number of carbonyl (C=O) groups excluding carboxylic acids is 1. The molecule has 1 amide bonds. The molecule has 0 radical (unpaired) electrons. The molecule has 7 heteroatoms. The van der Waals surface area contributed by atoms with Crippen LogP contribution in [0.1, 0.15) is 42.4 Å². The van der Waals surface area contributed by atoms with Gasteiger partial charge >= 0.3 is 0 Å². The first-order chi connectivity index (χ1) is 15.9. The molecule has 0 atom stereocenters. The van der Waals surface area contributed by atoms with Gasteiger partial charge in [0.05, 0.1) is 5.75 Å². The van der Waals surface area contributed by atoms with Gasteiger partial charge in [0, 0.05) is 44.7 Å². The molecule has 6 nitrogen and oxygen atoms in total. The molecule has 1 N–H and O–H groups in total. The van der Waals surface area contributed by atoms with Gasteiger partial charge in [0.2, 0.25) is 15.9 Å². The summed E-state index contributed by atoms with van der Waals surface area (Å²) in [5.74, 6) is 0.0110. The molecule has 2 heterocycles. The zero-order valence-corrected chi connectivity index (χ0v) is 20.3. The van der Waals surface area contributed by atoms with Crippen LogP contribution in [-0.4, -0.2) is 55.8 Å². The largest absolute Gasteiger partial charge is 0.353 e. The van der Waals surface area contributed by atoms with Crippen molar-refractivity contribution in [2.75, 3.05) is 26.2 Å². The topological polar surface area (TPSA) is 69.7 Å². The molecule has 2 aliphatic rings. The molecule has 0 bridgehead atoms. The minimum Gasteiger partial charge on any atom is -0.353 e. The standard InChI is InChI=1S/C26H35N3O3S/c1-21-7-5-6-10-24(21)19-28-15-13-25(14-16-28)27-26(30)23-11-17-29(18-12-23)33(31,32)20-22-8-3-2-4-9-22/h2-10,23,25H,11-20H2,1H3,(H,27,30). The van der Waals surface area contributed by atoms with E-state index in [9.17, 15) is 13.2 Å². The Labute approximate surface area is 198 Å². The fraction of sp³-hybridized carbons (Fsp3) is 0.500. The third kappa shape index (κ3) is 6.43. The van der Waals surface area contributed by atoms with Gasteiger partial charge in [0.15, 0.2) is 0 Å². The van der Waals surface area contributed by atoms with Crippen molar-refractivity contribution >= 4 is 15.9 Å². The van der Waals surface area contributed by atoms with Gasteiger partial charge in [0.1, 0.15) is 0 Å². The van der Waals surface area contributed by atoms with Crippen molar-refractivity contribution in [1.29, 1.82) is 0 Å². The van der Waals surface area contributed by atoms with Gasteiger partial charge in [-0.25, -0.2) is 12.7 Å². The quantitative estimate of drug-likeness (QED) is 0.675. The highest BCUT2D eigenvalue weighted by atomic mass is 32.2. The van der Waals surface area contributed by atoms with Crippen molar-refractivity contribution in [1.82, 2.24) is 14.5 Å². The van der Waals surface area contributed by atoms with Crippen LogP contribution in [-0.2, 0) is 27.1 Å². The Morgan fingerprint density at radius 3 is 2.21 bits per heavy atom. The molecule has 33 heavy (non-hydrogen) atoms. The first kappa shape index (κ1) is 23.9. The average Bonchev–Trinajstić information content (AvgIpc) is 2.82. The normalized spacial score (nSPS) is 19.4. The summed E-state index contributed by atoms with van der Waals surface area (Å²) in [5, 5.41) is 3.24.